The van der Waals surface area contributed by atoms with Gasteiger partial charge in [0.05, 0.1) is 12.3 Å². The first kappa shape index (κ1) is 9.77. The molecule has 2 heterocycles. The zero-order valence-electron chi connectivity index (χ0n) is 7.66. The van der Waals surface area contributed by atoms with Gasteiger partial charge in [0.2, 0.25) is 0 Å². The van der Waals surface area contributed by atoms with Crippen LogP contribution >= 0.6 is 22.9 Å². The quantitative estimate of drug-likeness (QED) is 0.855. The fourth-order valence-electron chi connectivity index (χ4n) is 1.41. The summed E-state index contributed by atoms with van der Waals surface area (Å²) in [5.74, 6) is 0. The van der Waals surface area contributed by atoms with Crippen molar-refractivity contribution in [2.45, 2.75) is 13.0 Å². The summed E-state index contributed by atoms with van der Waals surface area (Å²) in [6, 6.07) is 3.64. The van der Waals surface area contributed by atoms with Gasteiger partial charge in [-0.2, -0.15) is 0 Å². The number of rotatable bonds is 2. The predicted octanol–water partition coefficient (Wildman–Crippen LogP) is 3.35. The van der Waals surface area contributed by atoms with Crippen molar-refractivity contribution in [1.29, 1.82) is 0 Å². The molecule has 0 saturated carbocycles. The second kappa shape index (κ2) is 3.77. The molecule has 2 N–H and O–H groups in total. The van der Waals surface area contributed by atoms with Crippen LogP contribution in [-0.2, 0) is 0 Å². The summed E-state index contributed by atoms with van der Waals surface area (Å²) in [5, 5.41) is 2.40. The first-order valence-corrected chi connectivity index (χ1v) is 5.48. The van der Waals surface area contributed by atoms with Gasteiger partial charge < -0.3 is 10.2 Å². The van der Waals surface area contributed by atoms with Gasteiger partial charge in [-0.15, -0.1) is 11.3 Å². The molecule has 14 heavy (non-hydrogen) atoms. The predicted molar refractivity (Wildman–Crippen MR) is 58.8 cm³/mol. The van der Waals surface area contributed by atoms with Crippen molar-refractivity contribution in [3.63, 3.8) is 0 Å². The van der Waals surface area contributed by atoms with Gasteiger partial charge >= 0.3 is 0 Å². The standard InChI is InChI=1S/C10H10ClNOS/c1-6-7(3-5-14-6)9(12)8-2-4-13-10(8)11/h2-5,9H,12H2,1H3. The lowest BCUT2D eigenvalue weighted by Gasteiger charge is -2.09. The molecule has 2 aromatic rings. The third-order valence-electron chi connectivity index (χ3n) is 2.22. The molecule has 74 valence electrons. The van der Waals surface area contributed by atoms with Crippen LogP contribution in [0, 0.1) is 6.92 Å². The highest BCUT2D eigenvalue weighted by molar-refractivity contribution is 7.10. The Morgan fingerprint density at radius 1 is 1.43 bits per heavy atom. The van der Waals surface area contributed by atoms with E-state index in [9.17, 15) is 0 Å². The molecule has 0 aliphatic rings. The summed E-state index contributed by atoms with van der Waals surface area (Å²) in [7, 11) is 0. The van der Waals surface area contributed by atoms with Gasteiger partial charge in [-0.1, -0.05) is 0 Å². The Kier molecular flexibility index (Phi) is 2.63. The number of hydrogen-bond donors (Lipinski definition) is 1. The topological polar surface area (TPSA) is 39.2 Å². The molecule has 0 radical (unpaired) electrons. The Balaban J connectivity index is 2.38. The maximum atomic E-state index is 6.07. The van der Waals surface area contributed by atoms with E-state index in [1.807, 2.05) is 24.4 Å². The summed E-state index contributed by atoms with van der Waals surface area (Å²) < 4.78 is 5.01. The molecule has 2 rings (SSSR count). The Bertz CT molecular complexity index is 395. The van der Waals surface area contributed by atoms with Gasteiger partial charge in [0.15, 0.2) is 5.22 Å². The van der Waals surface area contributed by atoms with E-state index in [2.05, 4.69) is 0 Å². The van der Waals surface area contributed by atoms with E-state index in [-0.39, 0.29) is 6.04 Å². The molecule has 0 saturated heterocycles. The zero-order valence-corrected chi connectivity index (χ0v) is 9.23. The molecule has 0 bridgehead atoms. The van der Waals surface area contributed by atoms with Gasteiger partial charge in [0.25, 0.3) is 0 Å². The molecule has 0 aliphatic heterocycles. The molecule has 1 atom stereocenters. The van der Waals surface area contributed by atoms with Crippen LogP contribution in [0.25, 0.3) is 0 Å². The van der Waals surface area contributed by atoms with Crippen molar-refractivity contribution in [3.05, 3.63) is 45.0 Å². The van der Waals surface area contributed by atoms with E-state index in [0.29, 0.717) is 5.22 Å². The van der Waals surface area contributed by atoms with Gasteiger partial charge in [-0.3, -0.25) is 0 Å². The molecule has 0 spiro atoms. The molecule has 0 amide bonds. The number of halogens is 1. The molecular formula is C10H10ClNOS. The molecule has 0 aromatic carbocycles. The molecule has 1 unspecified atom stereocenters. The lowest BCUT2D eigenvalue weighted by atomic mass is 10.0. The maximum Gasteiger partial charge on any atom is 0.198 e. The Hall–Kier alpha value is -0.770. The summed E-state index contributed by atoms with van der Waals surface area (Å²) in [5.41, 5.74) is 8.02. The minimum atomic E-state index is -0.188. The molecule has 0 aliphatic carbocycles. The smallest absolute Gasteiger partial charge is 0.198 e. The van der Waals surface area contributed by atoms with E-state index < -0.39 is 0 Å². The van der Waals surface area contributed by atoms with Gasteiger partial charge in [0.1, 0.15) is 0 Å². The first-order valence-electron chi connectivity index (χ1n) is 4.22. The highest BCUT2D eigenvalue weighted by Gasteiger charge is 2.16. The number of hydrogen-bond acceptors (Lipinski definition) is 3. The monoisotopic (exact) mass is 227 g/mol. The molecule has 0 fully saturated rings. The average molecular weight is 228 g/mol. The highest BCUT2D eigenvalue weighted by atomic mass is 35.5. The number of nitrogens with two attached hydrogens (primary N) is 1. The highest BCUT2D eigenvalue weighted by Crippen LogP contribution is 2.30. The first-order chi connectivity index (χ1) is 6.70. The largest absolute Gasteiger partial charge is 0.453 e. The molecule has 4 heteroatoms. The fraction of sp³-hybridized carbons (Fsp3) is 0.200. The molecule has 2 nitrogen and oxygen atoms in total. The Morgan fingerprint density at radius 3 is 2.71 bits per heavy atom. The van der Waals surface area contributed by atoms with Gasteiger partial charge in [-0.05, 0) is 41.6 Å². The zero-order chi connectivity index (χ0) is 10.1. The third kappa shape index (κ3) is 1.59. The SMILES string of the molecule is Cc1sccc1C(N)c1ccoc1Cl. The summed E-state index contributed by atoms with van der Waals surface area (Å²) in [6.45, 7) is 2.05. The Labute approximate surface area is 91.3 Å². The minimum Gasteiger partial charge on any atom is -0.453 e. The van der Waals surface area contributed by atoms with Gasteiger partial charge in [-0.25, -0.2) is 0 Å². The third-order valence-corrected chi connectivity index (χ3v) is 3.38. The van der Waals surface area contributed by atoms with Crippen LogP contribution in [-0.4, -0.2) is 0 Å². The summed E-state index contributed by atoms with van der Waals surface area (Å²) >= 11 is 7.54. The number of furan rings is 1. The van der Waals surface area contributed by atoms with E-state index in [1.54, 1.807) is 17.6 Å². The van der Waals surface area contributed by atoms with Crippen LogP contribution < -0.4 is 5.73 Å². The van der Waals surface area contributed by atoms with Crippen molar-refractivity contribution in [2.24, 2.45) is 5.73 Å². The second-order valence-electron chi connectivity index (χ2n) is 3.06. The second-order valence-corrected chi connectivity index (χ2v) is 4.52. The Morgan fingerprint density at radius 2 is 2.21 bits per heavy atom. The van der Waals surface area contributed by atoms with Crippen molar-refractivity contribution in [2.75, 3.05) is 0 Å². The van der Waals surface area contributed by atoms with E-state index in [1.165, 1.54) is 4.88 Å². The van der Waals surface area contributed by atoms with Crippen molar-refractivity contribution < 1.29 is 4.42 Å². The maximum absolute atomic E-state index is 6.07. The molecular weight excluding hydrogens is 218 g/mol. The molecule has 2 aromatic heterocycles. The van der Waals surface area contributed by atoms with E-state index in [0.717, 1.165) is 11.1 Å². The van der Waals surface area contributed by atoms with Gasteiger partial charge in [0, 0.05) is 10.4 Å². The summed E-state index contributed by atoms with van der Waals surface area (Å²) in [4.78, 5) is 1.22. The fourth-order valence-corrected chi connectivity index (χ4v) is 2.39. The lowest BCUT2D eigenvalue weighted by Crippen LogP contribution is -2.11. The van der Waals surface area contributed by atoms with Crippen molar-refractivity contribution in [1.82, 2.24) is 0 Å². The number of thiophene rings is 1. The van der Waals surface area contributed by atoms with Crippen LogP contribution in [0.1, 0.15) is 22.0 Å². The van der Waals surface area contributed by atoms with E-state index >= 15 is 0 Å². The van der Waals surface area contributed by atoms with Crippen LogP contribution in [0.2, 0.25) is 5.22 Å². The average Bonchev–Trinajstić information content (AvgIpc) is 2.73. The van der Waals surface area contributed by atoms with Crippen LogP contribution in [0.5, 0.6) is 0 Å². The number of aryl methyl sites for hydroxylation is 1. The van der Waals surface area contributed by atoms with Crippen molar-refractivity contribution >= 4 is 22.9 Å². The van der Waals surface area contributed by atoms with E-state index in [4.69, 9.17) is 21.8 Å². The van der Waals surface area contributed by atoms with Crippen LogP contribution in [0.15, 0.2) is 28.2 Å². The van der Waals surface area contributed by atoms with Crippen molar-refractivity contribution in [3.8, 4) is 0 Å². The van der Waals surface area contributed by atoms with Crippen LogP contribution in [0.4, 0.5) is 0 Å². The minimum absolute atomic E-state index is 0.188. The van der Waals surface area contributed by atoms with Crippen LogP contribution in [0.3, 0.4) is 0 Å². The lowest BCUT2D eigenvalue weighted by molar-refractivity contribution is 0.564. The summed E-state index contributed by atoms with van der Waals surface area (Å²) in [6.07, 6.45) is 1.55. The normalized spacial score (nSPS) is 13.1.